The maximum Gasteiger partial charge on any atom is 0.233 e. The first-order valence-electron chi connectivity index (χ1n) is 11.2. The van der Waals surface area contributed by atoms with Gasteiger partial charge in [0.1, 0.15) is 0 Å². The van der Waals surface area contributed by atoms with Gasteiger partial charge in [0.05, 0.1) is 17.7 Å². The summed E-state index contributed by atoms with van der Waals surface area (Å²) >= 11 is 0. The number of carbonyl (C=O) groups excluding carboxylic acids is 2. The third-order valence-electron chi connectivity index (χ3n) is 6.34. The van der Waals surface area contributed by atoms with Gasteiger partial charge in [0.2, 0.25) is 11.8 Å². The van der Waals surface area contributed by atoms with Crippen molar-refractivity contribution in [1.82, 2.24) is 9.80 Å². The van der Waals surface area contributed by atoms with E-state index in [4.69, 9.17) is 4.74 Å². The van der Waals surface area contributed by atoms with Crippen LogP contribution in [0.4, 0.5) is 10.1 Å². The number of nitrogens with zero attached hydrogens (tertiary/aromatic N) is 3. The van der Waals surface area contributed by atoms with Crippen LogP contribution in [0.5, 0.6) is 5.75 Å². The Morgan fingerprint density at radius 1 is 1.10 bits per heavy atom. The molecule has 0 spiro atoms. The van der Waals surface area contributed by atoms with Gasteiger partial charge in [-0.2, -0.15) is 0 Å². The van der Waals surface area contributed by atoms with E-state index >= 15 is 0 Å². The van der Waals surface area contributed by atoms with Crippen molar-refractivity contribution < 1.29 is 18.7 Å². The van der Waals surface area contributed by atoms with Gasteiger partial charge >= 0.3 is 0 Å². The van der Waals surface area contributed by atoms with Crippen molar-refractivity contribution in [3.63, 3.8) is 0 Å². The van der Waals surface area contributed by atoms with Gasteiger partial charge in [-0.1, -0.05) is 6.07 Å². The Bertz CT molecular complexity index is 788. The molecule has 2 aliphatic heterocycles. The molecule has 1 aromatic carbocycles. The topological polar surface area (TPSA) is 53.1 Å². The standard InChI is InChI=1S/C23H32FN3O3/c1-16(2)30-22-19(24)5-3-6-20(22)26-13-11-25(12-14-26)9-4-10-27-21(28)15-18(23(27)29)17-7-8-17/h3,5-6,16-18H,4,7-15H2,1-2H3. The number of anilines is 1. The van der Waals surface area contributed by atoms with Crippen molar-refractivity contribution in [2.75, 3.05) is 44.2 Å². The van der Waals surface area contributed by atoms with Crippen LogP contribution in [0.1, 0.15) is 39.5 Å². The molecule has 164 valence electrons. The Morgan fingerprint density at radius 3 is 2.50 bits per heavy atom. The van der Waals surface area contributed by atoms with Gasteiger partial charge in [-0.15, -0.1) is 0 Å². The third kappa shape index (κ3) is 4.61. The van der Waals surface area contributed by atoms with E-state index in [1.807, 2.05) is 19.9 Å². The number of halogens is 1. The predicted octanol–water partition coefficient (Wildman–Crippen LogP) is 2.91. The number of rotatable bonds is 8. The van der Waals surface area contributed by atoms with Crippen LogP contribution in [0, 0.1) is 17.7 Å². The van der Waals surface area contributed by atoms with E-state index < -0.39 is 0 Å². The van der Waals surface area contributed by atoms with Crippen molar-refractivity contribution in [1.29, 1.82) is 0 Å². The second-order valence-corrected chi connectivity index (χ2v) is 8.97. The molecular formula is C23H32FN3O3. The summed E-state index contributed by atoms with van der Waals surface area (Å²) in [5.74, 6) is 0.466. The summed E-state index contributed by atoms with van der Waals surface area (Å²) in [7, 11) is 0. The summed E-state index contributed by atoms with van der Waals surface area (Å²) in [6.07, 6.45) is 3.32. The SMILES string of the molecule is CC(C)Oc1c(F)cccc1N1CCN(CCCN2C(=O)CC(C3CC3)C2=O)CC1. The number of imide groups is 1. The number of benzene rings is 1. The van der Waals surface area contributed by atoms with E-state index in [-0.39, 0.29) is 29.7 Å². The number of likely N-dealkylation sites (tertiary alicyclic amines) is 1. The van der Waals surface area contributed by atoms with Gasteiger partial charge in [-0.3, -0.25) is 19.4 Å². The molecule has 1 unspecified atom stereocenters. The number of ether oxygens (including phenoxy) is 1. The zero-order valence-electron chi connectivity index (χ0n) is 18.0. The molecule has 6 nitrogen and oxygen atoms in total. The normalized spacial score (nSPS) is 23.0. The fourth-order valence-corrected chi connectivity index (χ4v) is 4.57. The maximum absolute atomic E-state index is 14.3. The molecule has 2 amide bonds. The number of piperazine rings is 1. The minimum Gasteiger partial charge on any atom is -0.486 e. The largest absolute Gasteiger partial charge is 0.486 e. The lowest BCUT2D eigenvalue weighted by Gasteiger charge is -2.37. The average Bonchev–Trinajstić information content (AvgIpc) is 3.51. The highest BCUT2D eigenvalue weighted by Crippen LogP contribution is 2.42. The van der Waals surface area contributed by atoms with E-state index in [1.165, 1.54) is 11.0 Å². The molecular weight excluding hydrogens is 385 g/mol. The molecule has 1 aliphatic carbocycles. The van der Waals surface area contributed by atoms with Gasteiger partial charge in [-0.25, -0.2) is 4.39 Å². The Kier molecular flexibility index (Phi) is 6.27. The summed E-state index contributed by atoms with van der Waals surface area (Å²) < 4.78 is 20.0. The van der Waals surface area contributed by atoms with Gasteiger partial charge in [0.15, 0.2) is 11.6 Å². The third-order valence-corrected chi connectivity index (χ3v) is 6.34. The van der Waals surface area contributed by atoms with Crippen LogP contribution >= 0.6 is 0 Å². The van der Waals surface area contributed by atoms with E-state index in [0.29, 0.717) is 24.6 Å². The maximum atomic E-state index is 14.3. The molecule has 3 aliphatic rings. The van der Waals surface area contributed by atoms with E-state index in [0.717, 1.165) is 57.7 Å². The van der Waals surface area contributed by atoms with Gasteiger partial charge in [0.25, 0.3) is 0 Å². The number of hydrogen-bond acceptors (Lipinski definition) is 5. The zero-order valence-corrected chi connectivity index (χ0v) is 18.0. The molecule has 1 atom stereocenters. The summed E-state index contributed by atoms with van der Waals surface area (Å²) in [4.78, 5) is 30.7. The van der Waals surface area contributed by atoms with Gasteiger partial charge in [0, 0.05) is 39.1 Å². The minimum atomic E-state index is -0.326. The molecule has 2 heterocycles. The van der Waals surface area contributed by atoms with Crippen molar-refractivity contribution in [3.8, 4) is 5.75 Å². The molecule has 7 heteroatoms. The van der Waals surface area contributed by atoms with Crippen molar-refractivity contribution in [2.45, 2.75) is 45.6 Å². The second-order valence-electron chi connectivity index (χ2n) is 8.97. The molecule has 3 fully saturated rings. The molecule has 1 aromatic rings. The average molecular weight is 418 g/mol. The van der Waals surface area contributed by atoms with Crippen LogP contribution in [0.25, 0.3) is 0 Å². The van der Waals surface area contributed by atoms with E-state index in [1.54, 1.807) is 6.07 Å². The van der Waals surface area contributed by atoms with Crippen LogP contribution in [-0.2, 0) is 9.59 Å². The molecule has 0 aromatic heterocycles. The molecule has 0 bridgehead atoms. The lowest BCUT2D eigenvalue weighted by atomic mass is 10.0. The first-order valence-corrected chi connectivity index (χ1v) is 11.2. The Hall–Kier alpha value is -2.15. The summed E-state index contributed by atoms with van der Waals surface area (Å²) in [5.41, 5.74) is 0.808. The number of para-hydroxylation sites is 1. The Morgan fingerprint density at radius 2 is 1.83 bits per heavy atom. The highest BCUT2D eigenvalue weighted by atomic mass is 19.1. The smallest absolute Gasteiger partial charge is 0.233 e. The molecule has 0 N–H and O–H groups in total. The minimum absolute atomic E-state index is 0.00510. The first-order chi connectivity index (χ1) is 14.4. The molecule has 1 saturated carbocycles. The molecule has 0 radical (unpaired) electrons. The predicted molar refractivity (Wildman–Crippen MR) is 113 cm³/mol. The number of hydrogen-bond donors (Lipinski definition) is 0. The summed E-state index contributed by atoms with van der Waals surface area (Å²) in [5, 5.41) is 0. The second kappa shape index (κ2) is 8.92. The van der Waals surface area contributed by atoms with Crippen LogP contribution in [-0.4, -0.2) is 67.0 Å². The van der Waals surface area contributed by atoms with E-state index in [9.17, 15) is 14.0 Å². The van der Waals surface area contributed by atoms with E-state index in [2.05, 4.69) is 9.80 Å². The van der Waals surface area contributed by atoms with Gasteiger partial charge in [-0.05, 0) is 57.7 Å². The molecule has 2 saturated heterocycles. The van der Waals surface area contributed by atoms with Crippen molar-refractivity contribution >= 4 is 17.5 Å². The first kappa shape index (κ1) is 21.1. The zero-order chi connectivity index (χ0) is 21.3. The fraction of sp³-hybridized carbons (Fsp3) is 0.652. The quantitative estimate of drug-likeness (QED) is 0.609. The molecule has 4 rings (SSSR count). The highest BCUT2D eigenvalue weighted by Gasteiger charge is 2.46. The monoisotopic (exact) mass is 417 g/mol. The van der Waals surface area contributed by atoms with Crippen LogP contribution in [0.15, 0.2) is 18.2 Å². The Balaban J connectivity index is 1.25. The highest BCUT2D eigenvalue weighted by molar-refractivity contribution is 6.03. The van der Waals surface area contributed by atoms with Gasteiger partial charge < -0.3 is 9.64 Å². The summed E-state index contributed by atoms with van der Waals surface area (Å²) in [6.45, 7) is 8.50. The van der Waals surface area contributed by atoms with Crippen molar-refractivity contribution in [3.05, 3.63) is 24.0 Å². The van der Waals surface area contributed by atoms with Crippen molar-refractivity contribution in [2.24, 2.45) is 11.8 Å². The van der Waals surface area contributed by atoms with Crippen LogP contribution in [0.3, 0.4) is 0 Å². The fourth-order valence-electron chi connectivity index (χ4n) is 4.57. The number of carbonyl (C=O) groups is 2. The lowest BCUT2D eigenvalue weighted by molar-refractivity contribution is -0.139. The number of amides is 2. The van der Waals surface area contributed by atoms with Crippen LogP contribution < -0.4 is 9.64 Å². The van der Waals surface area contributed by atoms with Crippen LogP contribution in [0.2, 0.25) is 0 Å². The molecule has 30 heavy (non-hydrogen) atoms. The Labute approximate surface area is 177 Å². The lowest BCUT2D eigenvalue weighted by Crippen LogP contribution is -2.47. The summed E-state index contributed by atoms with van der Waals surface area (Å²) in [6, 6.07) is 5.08.